The maximum Gasteiger partial charge on any atom is 0.263 e. The Hall–Kier alpha value is -3.94. The monoisotopic (exact) mass is 572 g/mol. The summed E-state index contributed by atoms with van der Waals surface area (Å²) in [4.78, 5) is 16.6. The summed E-state index contributed by atoms with van der Waals surface area (Å²) in [7, 11) is -7.62. The van der Waals surface area contributed by atoms with Crippen molar-refractivity contribution in [2.24, 2.45) is 0 Å². The van der Waals surface area contributed by atoms with Crippen molar-refractivity contribution >= 4 is 53.8 Å². The van der Waals surface area contributed by atoms with Crippen LogP contribution in [0.15, 0.2) is 95.3 Å². The zero-order valence-corrected chi connectivity index (χ0v) is 22.6. The number of sulfonamides is 2. The second-order valence-electron chi connectivity index (χ2n) is 8.05. The molecule has 0 atom stereocenters. The lowest BCUT2D eigenvalue weighted by molar-refractivity contribution is -0.114. The van der Waals surface area contributed by atoms with Crippen LogP contribution in [0, 0.1) is 0 Å². The third-order valence-electron chi connectivity index (χ3n) is 5.16. The molecule has 38 heavy (non-hydrogen) atoms. The molecule has 1 heterocycles. The van der Waals surface area contributed by atoms with E-state index >= 15 is 0 Å². The molecule has 0 aliphatic carbocycles. The number of hydrogen-bond donors (Lipinski definition) is 2. The first-order valence-corrected chi connectivity index (χ1v) is 15.4. The molecule has 4 aromatic rings. The van der Waals surface area contributed by atoms with Gasteiger partial charge < -0.3 is 10.1 Å². The molecule has 4 rings (SSSR count). The number of thiazole rings is 1. The van der Waals surface area contributed by atoms with E-state index in [1.807, 2.05) is 30.3 Å². The molecule has 0 bridgehead atoms. The van der Waals surface area contributed by atoms with E-state index in [4.69, 9.17) is 4.74 Å². The first-order valence-electron chi connectivity index (χ1n) is 11.2. The van der Waals surface area contributed by atoms with Crippen molar-refractivity contribution in [3.05, 3.63) is 96.0 Å². The molecule has 0 saturated heterocycles. The molecule has 13 heteroatoms. The standard InChI is InChI=1S/C25H24N4O6S3/c1-37(31,32)29(21-9-11-22(12-10-21)35-18-19-5-3-2-4-6-19)17-24(30)27-20-7-13-23(14-8-20)38(33,34)28-25-26-15-16-36-25/h2-16H,17-18H2,1H3,(H,26,28)(H,27,30). The van der Waals surface area contributed by atoms with Crippen LogP contribution in [0.2, 0.25) is 0 Å². The lowest BCUT2D eigenvalue weighted by atomic mass is 10.2. The summed E-state index contributed by atoms with van der Waals surface area (Å²) in [6, 6.07) is 21.5. The number of benzene rings is 3. The Kier molecular flexibility index (Phi) is 8.29. The number of ether oxygens (including phenoxy) is 1. The average molecular weight is 573 g/mol. The Bertz CT molecular complexity index is 1580. The van der Waals surface area contributed by atoms with Crippen molar-refractivity contribution in [1.29, 1.82) is 0 Å². The van der Waals surface area contributed by atoms with E-state index in [-0.39, 0.29) is 10.0 Å². The fourth-order valence-corrected chi connectivity index (χ4v) is 5.99. The van der Waals surface area contributed by atoms with Gasteiger partial charge in [-0.2, -0.15) is 0 Å². The van der Waals surface area contributed by atoms with Gasteiger partial charge in [0.15, 0.2) is 5.13 Å². The van der Waals surface area contributed by atoms with E-state index in [0.717, 1.165) is 27.5 Å². The Morgan fingerprint density at radius 3 is 2.24 bits per heavy atom. The topological polar surface area (TPSA) is 135 Å². The molecule has 0 radical (unpaired) electrons. The number of nitrogens with one attached hydrogen (secondary N) is 2. The molecule has 0 saturated carbocycles. The lowest BCUT2D eigenvalue weighted by Gasteiger charge is -2.22. The van der Waals surface area contributed by atoms with Gasteiger partial charge in [0.05, 0.1) is 16.8 Å². The minimum atomic E-state index is -3.84. The van der Waals surface area contributed by atoms with Gasteiger partial charge in [0.2, 0.25) is 15.9 Å². The van der Waals surface area contributed by atoms with Crippen LogP contribution in [0.4, 0.5) is 16.5 Å². The largest absolute Gasteiger partial charge is 0.489 e. The molecular formula is C25H24N4O6S3. The lowest BCUT2D eigenvalue weighted by Crippen LogP contribution is -2.37. The van der Waals surface area contributed by atoms with Crippen molar-refractivity contribution in [2.75, 3.05) is 27.1 Å². The maximum absolute atomic E-state index is 12.7. The Morgan fingerprint density at radius 2 is 1.63 bits per heavy atom. The highest BCUT2D eigenvalue weighted by molar-refractivity contribution is 7.93. The fraction of sp³-hybridized carbons (Fsp3) is 0.120. The number of aromatic nitrogens is 1. The Balaban J connectivity index is 1.39. The van der Waals surface area contributed by atoms with E-state index in [0.29, 0.717) is 23.7 Å². The number of carbonyl (C=O) groups excluding carboxylic acids is 1. The Morgan fingerprint density at radius 1 is 0.947 bits per heavy atom. The van der Waals surface area contributed by atoms with Gasteiger partial charge in [-0.3, -0.25) is 13.8 Å². The molecule has 0 spiro atoms. The van der Waals surface area contributed by atoms with E-state index in [1.165, 1.54) is 30.5 Å². The summed E-state index contributed by atoms with van der Waals surface area (Å²) >= 11 is 1.14. The number of hydrogen-bond acceptors (Lipinski definition) is 8. The molecule has 10 nitrogen and oxygen atoms in total. The van der Waals surface area contributed by atoms with Crippen molar-refractivity contribution in [3.8, 4) is 5.75 Å². The van der Waals surface area contributed by atoms with Crippen LogP contribution in [0.1, 0.15) is 5.56 Å². The van der Waals surface area contributed by atoms with Gasteiger partial charge in [0.25, 0.3) is 10.0 Å². The molecule has 0 aliphatic rings. The van der Waals surface area contributed by atoms with Crippen LogP contribution in [0.25, 0.3) is 0 Å². The fourth-order valence-electron chi connectivity index (χ4n) is 3.35. The van der Waals surface area contributed by atoms with Crippen molar-refractivity contribution in [1.82, 2.24) is 4.98 Å². The summed E-state index contributed by atoms with van der Waals surface area (Å²) < 4.78 is 58.9. The zero-order valence-electron chi connectivity index (χ0n) is 20.1. The van der Waals surface area contributed by atoms with Gasteiger partial charge >= 0.3 is 0 Å². The highest BCUT2D eigenvalue weighted by atomic mass is 32.2. The van der Waals surface area contributed by atoms with Gasteiger partial charge in [-0.05, 0) is 54.1 Å². The van der Waals surface area contributed by atoms with Gasteiger partial charge in [0.1, 0.15) is 18.9 Å². The molecule has 3 aromatic carbocycles. The predicted molar refractivity (Wildman–Crippen MR) is 147 cm³/mol. The normalized spacial score (nSPS) is 11.5. The molecule has 1 aromatic heterocycles. The van der Waals surface area contributed by atoms with Crippen molar-refractivity contribution in [3.63, 3.8) is 0 Å². The number of amides is 1. The number of carbonyl (C=O) groups is 1. The van der Waals surface area contributed by atoms with E-state index in [2.05, 4.69) is 15.0 Å². The van der Waals surface area contributed by atoms with Crippen LogP contribution in [0.3, 0.4) is 0 Å². The minimum absolute atomic E-state index is 0.0157. The van der Waals surface area contributed by atoms with E-state index in [1.54, 1.807) is 29.6 Å². The molecule has 0 aliphatic heterocycles. The summed E-state index contributed by atoms with van der Waals surface area (Å²) in [5, 5.41) is 4.47. The van der Waals surface area contributed by atoms with Gasteiger partial charge in [0, 0.05) is 17.3 Å². The number of anilines is 3. The maximum atomic E-state index is 12.7. The second kappa shape index (κ2) is 11.6. The summed E-state index contributed by atoms with van der Waals surface area (Å²) in [5.74, 6) is -0.0498. The number of nitrogens with zero attached hydrogens (tertiary/aromatic N) is 2. The van der Waals surface area contributed by atoms with Crippen LogP contribution in [-0.2, 0) is 31.4 Å². The zero-order chi connectivity index (χ0) is 27.2. The van der Waals surface area contributed by atoms with Crippen LogP contribution < -0.4 is 19.1 Å². The average Bonchev–Trinajstić information content (AvgIpc) is 3.39. The highest BCUT2D eigenvalue weighted by Gasteiger charge is 2.21. The van der Waals surface area contributed by atoms with Crippen molar-refractivity contribution in [2.45, 2.75) is 11.5 Å². The second-order valence-corrected chi connectivity index (χ2v) is 12.5. The van der Waals surface area contributed by atoms with Gasteiger partial charge in [-0.25, -0.2) is 21.8 Å². The molecule has 198 valence electrons. The van der Waals surface area contributed by atoms with Gasteiger partial charge in [-0.1, -0.05) is 30.3 Å². The third-order valence-corrected chi connectivity index (χ3v) is 8.48. The number of rotatable bonds is 11. The van der Waals surface area contributed by atoms with E-state index < -0.39 is 32.5 Å². The third kappa shape index (κ3) is 7.31. The highest BCUT2D eigenvalue weighted by Crippen LogP contribution is 2.23. The molecular weight excluding hydrogens is 548 g/mol. The summed E-state index contributed by atoms with van der Waals surface area (Å²) in [6.45, 7) is -0.117. The molecule has 2 N–H and O–H groups in total. The Labute approximate surface area is 225 Å². The summed E-state index contributed by atoms with van der Waals surface area (Å²) in [5.41, 5.74) is 1.60. The quantitative estimate of drug-likeness (QED) is 0.278. The first kappa shape index (κ1) is 27.1. The SMILES string of the molecule is CS(=O)(=O)N(CC(=O)Nc1ccc(S(=O)(=O)Nc2nccs2)cc1)c1ccc(OCc2ccccc2)cc1. The van der Waals surface area contributed by atoms with Gasteiger partial charge in [-0.15, -0.1) is 11.3 Å². The van der Waals surface area contributed by atoms with E-state index in [9.17, 15) is 21.6 Å². The first-order chi connectivity index (χ1) is 18.1. The van der Waals surface area contributed by atoms with Crippen LogP contribution >= 0.6 is 11.3 Å². The summed E-state index contributed by atoms with van der Waals surface area (Å²) in [6.07, 6.45) is 2.49. The predicted octanol–water partition coefficient (Wildman–Crippen LogP) is 3.93. The minimum Gasteiger partial charge on any atom is -0.489 e. The van der Waals surface area contributed by atoms with Crippen LogP contribution in [-0.4, -0.2) is 40.5 Å². The molecule has 1 amide bonds. The molecule has 0 fully saturated rings. The smallest absolute Gasteiger partial charge is 0.263 e. The van der Waals surface area contributed by atoms with Crippen molar-refractivity contribution < 1.29 is 26.4 Å². The van der Waals surface area contributed by atoms with Crippen LogP contribution in [0.5, 0.6) is 5.75 Å². The molecule has 0 unspecified atom stereocenters.